The van der Waals surface area contributed by atoms with Gasteiger partial charge in [-0.15, -0.1) is 0 Å². The molecule has 0 unspecified atom stereocenters. The molecule has 16 heavy (non-hydrogen) atoms. The second kappa shape index (κ2) is 4.63. The molecule has 6 heteroatoms. The Morgan fingerprint density at radius 1 is 1.06 bits per heavy atom. The van der Waals surface area contributed by atoms with Gasteiger partial charge in [-0.2, -0.15) is 0 Å². The number of para-hydroxylation sites is 1. The first-order valence-corrected chi connectivity index (χ1v) is 4.40. The van der Waals surface area contributed by atoms with Gasteiger partial charge in [0.1, 0.15) is 0 Å². The third-order valence-corrected chi connectivity index (χ3v) is 1.93. The second-order valence-electron chi connectivity index (χ2n) is 3.05. The summed E-state index contributed by atoms with van der Waals surface area (Å²) in [4.78, 5) is 22.3. The Morgan fingerprint density at radius 2 is 1.69 bits per heavy atom. The van der Waals surface area contributed by atoms with Crippen LogP contribution in [0, 0.1) is 0 Å². The van der Waals surface area contributed by atoms with Crippen molar-refractivity contribution < 1.29 is 29.6 Å². The van der Waals surface area contributed by atoms with Crippen LogP contribution < -0.4 is 9.47 Å². The molecule has 0 aliphatic carbocycles. The Labute approximate surface area is 90.7 Å². The van der Waals surface area contributed by atoms with Gasteiger partial charge in [0, 0.05) is 0 Å². The fourth-order valence-electron chi connectivity index (χ4n) is 1.23. The first kappa shape index (κ1) is 12.0. The van der Waals surface area contributed by atoms with Gasteiger partial charge in [-0.3, -0.25) is 9.59 Å². The normalized spacial score (nSPS) is 14.8. The van der Waals surface area contributed by atoms with Crippen LogP contribution in [0.3, 0.4) is 0 Å². The van der Waals surface area contributed by atoms with Crippen molar-refractivity contribution in [2.75, 3.05) is 0 Å². The lowest BCUT2D eigenvalue weighted by Crippen LogP contribution is -2.18. The number of fused-ring (bicyclic) bond motifs is 1. The highest BCUT2D eigenvalue weighted by atomic mass is 16.6. The Hall–Kier alpha value is -2.08. The van der Waals surface area contributed by atoms with Gasteiger partial charge < -0.3 is 20.1 Å². The van der Waals surface area contributed by atoms with Crippen LogP contribution in [0.15, 0.2) is 18.2 Å². The van der Waals surface area contributed by atoms with Crippen molar-refractivity contribution in [1.82, 2.24) is 0 Å². The highest BCUT2D eigenvalue weighted by Gasteiger charge is 2.21. The summed E-state index contributed by atoms with van der Waals surface area (Å²) in [5.41, 5.74) is 0. The molecule has 0 fully saturated rings. The number of carbonyl (C=O) groups excluding carboxylic acids is 2. The third kappa shape index (κ3) is 2.29. The van der Waals surface area contributed by atoms with Crippen LogP contribution in [0.4, 0.5) is 0 Å². The number of phenolic OH excluding ortho intramolecular Hbond substituents is 1. The van der Waals surface area contributed by atoms with E-state index >= 15 is 0 Å². The van der Waals surface area contributed by atoms with Gasteiger partial charge in [0.25, 0.3) is 0 Å². The van der Waals surface area contributed by atoms with Crippen LogP contribution in [0.1, 0.15) is 12.8 Å². The van der Waals surface area contributed by atoms with E-state index in [1.54, 1.807) is 0 Å². The molecule has 86 valence electrons. The molecule has 0 saturated carbocycles. The van der Waals surface area contributed by atoms with Crippen LogP contribution in [0.5, 0.6) is 17.2 Å². The molecule has 0 bridgehead atoms. The van der Waals surface area contributed by atoms with Crippen molar-refractivity contribution in [3.63, 3.8) is 0 Å². The number of benzene rings is 1. The molecule has 0 spiro atoms. The number of hydrogen-bond acceptors (Lipinski definition) is 5. The van der Waals surface area contributed by atoms with Gasteiger partial charge in [-0.1, -0.05) is 6.07 Å². The molecule has 3 N–H and O–H groups in total. The summed E-state index contributed by atoms with van der Waals surface area (Å²) in [6.07, 6.45) is -0.0689. The SMILES string of the molecule is O.O=C1CCC(=O)Oc2c(O)cccc2O1. The highest BCUT2D eigenvalue weighted by molar-refractivity contribution is 5.83. The maximum atomic E-state index is 11.2. The second-order valence-corrected chi connectivity index (χ2v) is 3.05. The average molecular weight is 226 g/mol. The van der Waals surface area contributed by atoms with Gasteiger partial charge in [0.05, 0.1) is 12.8 Å². The van der Waals surface area contributed by atoms with Crippen LogP contribution >= 0.6 is 0 Å². The predicted octanol–water partition coefficient (Wildman–Crippen LogP) is 0.172. The molecule has 2 rings (SSSR count). The summed E-state index contributed by atoms with van der Waals surface area (Å²) in [5.74, 6) is -1.34. The molecule has 0 amide bonds. The van der Waals surface area contributed by atoms with Gasteiger partial charge in [0.15, 0.2) is 11.5 Å². The Morgan fingerprint density at radius 3 is 2.38 bits per heavy atom. The zero-order valence-corrected chi connectivity index (χ0v) is 8.23. The van der Waals surface area contributed by atoms with Crippen molar-refractivity contribution >= 4 is 11.9 Å². The van der Waals surface area contributed by atoms with Gasteiger partial charge in [-0.25, -0.2) is 0 Å². The van der Waals surface area contributed by atoms with E-state index in [1.807, 2.05) is 0 Å². The average Bonchev–Trinajstić information content (AvgIpc) is 2.18. The van der Waals surface area contributed by atoms with E-state index in [0.29, 0.717) is 0 Å². The molecule has 1 aromatic rings. The van der Waals surface area contributed by atoms with E-state index in [-0.39, 0.29) is 35.6 Å². The summed E-state index contributed by atoms with van der Waals surface area (Å²) >= 11 is 0. The fourth-order valence-corrected chi connectivity index (χ4v) is 1.23. The molecule has 1 aromatic carbocycles. The molecule has 0 aromatic heterocycles. The number of aromatic hydroxyl groups is 1. The van der Waals surface area contributed by atoms with Crippen LogP contribution in [-0.4, -0.2) is 22.5 Å². The lowest BCUT2D eigenvalue weighted by Gasteiger charge is -2.14. The predicted molar refractivity (Wildman–Crippen MR) is 52.2 cm³/mol. The number of esters is 2. The molecular weight excluding hydrogens is 216 g/mol. The number of phenols is 1. The first-order chi connectivity index (χ1) is 7.16. The number of hydrogen-bond donors (Lipinski definition) is 1. The molecule has 1 heterocycles. The Bertz CT molecular complexity index is 425. The minimum Gasteiger partial charge on any atom is -0.504 e. The molecule has 0 atom stereocenters. The highest BCUT2D eigenvalue weighted by Crippen LogP contribution is 2.37. The van der Waals surface area contributed by atoms with E-state index in [2.05, 4.69) is 0 Å². The number of ether oxygens (including phenoxy) is 2. The summed E-state index contributed by atoms with van der Waals surface area (Å²) in [6, 6.07) is 4.30. The zero-order chi connectivity index (χ0) is 10.8. The maximum Gasteiger partial charge on any atom is 0.312 e. The zero-order valence-electron chi connectivity index (χ0n) is 8.23. The minimum absolute atomic E-state index is 0. The lowest BCUT2D eigenvalue weighted by molar-refractivity contribution is -0.142. The van der Waals surface area contributed by atoms with Crippen LogP contribution in [0.2, 0.25) is 0 Å². The summed E-state index contributed by atoms with van der Waals surface area (Å²) in [6.45, 7) is 0. The number of rotatable bonds is 0. The van der Waals surface area contributed by atoms with E-state index in [4.69, 9.17) is 9.47 Å². The first-order valence-electron chi connectivity index (χ1n) is 4.40. The molecular formula is C10H10O6. The van der Waals surface area contributed by atoms with E-state index in [9.17, 15) is 14.7 Å². The molecule has 1 aliphatic rings. The van der Waals surface area contributed by atoms with Crippen molar-refractivity contribution in [1.29, 1.82) is 0 Å². The Balaban J connectivity index is 0.00000128. The molecule has 6 nitrogen and oxygen atoms in total. The minimum atomic E-state index is -0.561. The lowest BCUT2D eigenvalue weighted by atomic mass is 10.2. The summed E-state index contributed by atoms with van der Waals surface area (Å²) in [5, 5.41) is 9.41. The van der Waals surface area contributed by atoms with Crippen molar-refractivity contribution in [3.05, 3.63) is 18.2 Å². The van der Waals surface area contributed by atoms with Crippen LogP contribution in [-0.2, 0) is 9.59 Å². The number of carbonyl (C=O) groups is 2. The summed E-state index contributed by atoms with van der Waals surface area (Å²) in [7, 11) is 0. The smallest absolute Gasteiger partial charge is 0.312 e. The topological polar surface area (TPSA) is 104 Å². The van der Waals surface area contributed by atoms with Gasteiger partial charge in [0.2, 0.25) is 5.75 Å². The van der Waals surface area contributed by atoms with Crippen molar-refractivity contribution in [2.24, 2.45) is 0 Å². The van der Waals surface area contributed by atoms with Crippen molar-refractivity contribution in [2.45, 2.75) is 12.8 Å². The monoisotopic (exact) mass is 226 g/mol. The molecule has 0 radical (unpaired) electrons. The Kier molecular flexibility index (Phi) is 3.47. The maximum absolute atomic E-state index is 11.2. The van der Waals surface area contributed by atoms with E-state index in [1.165, 1.54) is 18.2 Å². The molecule has 1 aliphatic heterocycles. The van der Waals surface area contributed by atoms with Gasteiger partial charge in [-0.05, 0) is 12.1 Å². The van der Waals surface area contributed by atoms with E-state index in [0.717, 1.165) is 0 Å². The van der Waals surface area contributed by atoms with Crippen LogP contribution in [0.25, 0.3) is 0 Å². The quantitative estimate of drug-likeness (QED) is 0.501. The van der Waals surface area contributed by atoms with E-state index < -0.39 is 11.9 Å². The largest absolute Gasteiger partial charge is 0.504 e. The fraction of sp³-hybridized carbons (Fsp3) is 0.200. The van der Waals surface area contributed by atoms with Gasteiger partial charge >= 0.3 is 11.9 Å². The summed E-state index contributed by atoms with van der Waals surface area (Å²) < 4.78 is 9.74. The standard InChI is InChI=1S/C10H8O5.H2O/c11-6-2-1-3-7-10(6)15-9(13)5-4-8(12)14-7;/h1-3,11H,4-5H2;1H2. The van der Waals surface area contributed by atoms with Crippen molar-refractivity contribution in [3.8, 4) is 17.2 Å². The third-order valence-electron chi connectivity index (χ3n) is 1.93. The molecule has 0 saturated heterocycles.